The van der Waals surface area contributed by atoms with E-state index in [2.05, 4.69) is 5.32 Å². The minimum absolute atomic E-state index is 0.198. The number of carbonyl (C=O) groups excluding carboxylic acids is 2. The molecule has 0 radical (unpaired) electrons. The zero-order valence-electron chi connectivity index (χ0n) is 15.0. The molecule has 0 aliphatic carbocycles. The van der Waals surface area contributed by atoms with Crippen LogP contribution in [0.1, 0.15) is 30.5 Å². The van der Waals surface area contributed by atoms with Gasteiger partial charge in [-0.3, -0.25) is 14.5 Å². The first-order chi connectivity index (χ1) is 11.9. The van der Waals surface area contributed by atoms with Gasteiger partial charge in [-0.05, 0) is 50.5 Å². The number of imide groups is 1. The van der Waals surface area contributed by atoms with Gasteiger partial charge in [0.15, 0.2) is 0 Å². The Bertz CT molecular complexity index is 867. The van der Waals surface area contributed by atoms with Crippen LogP contribution in [0.5, 0.6) is 0 Å². The van der Waals surface area contributed by atoms with E-state index in [0.29, 0.717) is 11.3 Å². The summed E-state index contributed by atoms with van der Waals surface area (Å²) in [5, 5.41) is 3.23. The van der Waals surface area contributed by atoms with Crippen LogP contribution in [-0.2, 0) is 9.59 Å². The summed E-state index contributed by atoms with van der Waals surface area (Å²) in [7, 11) is 0. The lowest BCUT2D eigenvalue weighted by atomic mass is 10.0. The van der Waals surface area contributed by atoms with Crippen LogP contribution >= 0.6 is 0 Å². The first-order valence-electron chi connectivity index (χ1n) is 8.42. The van der Waals surface area contributed by atoms with Gasteiger partial charge in [0.2, 0.25) is 0 Å². The Morgan fingerprint density at radius 2 is 1.56 bits per heavy atom. The summed E-state index contributed by atoms with van der Waals surface area (Å²) >= 11 is 0. The third-order valence-corrected chi connectivity index (χ3v) is 4.56. The summed E-state index contributed by atoms with van der Waals surface area (Å²) in [5.41, 5.74) is 4.56. The third kappa shape index (κ3) is 2.95. The summed E-state index contributed by atoms with van der Waals surface area (Å²) in [6, 6.07) is 15.0. The van der Waals surface area contributed by atoms with Gasteiger partial charge in [0.1, 0.15) is 5.70 Å². The summed E-state index contributed by atoms with van der Waals surface area (Å²) < 4.78 is 0. The second-order valence-corrected chi connectivity index (χ2v) is 6.56. The van der Waals surface area contributed by atoms with E-state index in [9.17, 15) is 9.59 Å². The Labute approximate surface area is 148 Å². The summed E-state index contributed by atoms with van der Waals surface area (Å²) in [5.74, 6) is -0.529. The van der Waals surface area contributed by atoms with Crippen LogP contribution in [0.4, 0.5) is 5.69 Å². The number of anilines is 1. The molecule has 1 heterocycles. The predicted molar refractivity (Wildman–Crippen MR) is 99.9 cm³/mol. The lowest BCUT2D eigenvalue weighted by Crippen LogP contribution is -2.38. The molecule has 1 aliphatic rings. The monoisotopic (exact) mass is 334 g/mol. The highest BCUT2D eigenvalue weighted by Crippen LogP contribution is 2.32. The smallest absolute Gasteiger partial charge is 0.278 e. The van der Waals surface area contributed by atoms with E-state index in [4.69, 9.17) is 0 Å². The number of rotatable bonds is 4. The van der Waals surface area contributed by atoms with Crippen molar-refractivity contribution in [1.82, 2.24) is 4.90 Å². The average Bonchev–Trinajstić information content (AvgIpc) is 2.83. The number of aryl methyl sites for hydroxylation is 1. The zero-order valence-corrected chi connectivity index (χ0v) is 15.0. The van der Waals surface area contributed by atoms with Gasteiger partial charge in [-0.25, -0.2) is 0 Å². The highest BCUT2D eigenvalue weighted by molar-refractivity contribution is 6.36. The van der Waals surface area contributed by atoms with Gasteiger partial charge in [-0.15, -0.1) is 0 Å². The molecule has 0 bridgehead atoms. The van der Waals surface area contributed by atoms with Crippen LogP contribution in [0.2, 0.25) is 0 Å². The van der Waals surface area contributed by atoms with Crippen molar-refractivity contribution >= 4 is 23.1 Å². The topological polar surface area (TPSA) is 49.4 Å². The van der Waals surface area contributed by atoms with E-state index in [0.717, 1.165) is 22.4 Å². The molecule has 2 amide bonds. The van der Waals surface area contributed by atoms with Crippen molar-refractivity contribution in [2.75, 3.05) is 5.32 Å². The number of nitrogens with one attached hydrogen (secondary N) is 1. The Balaban J connectivity index is 2.13. The summed E-state index contributed by atoms with van der Waals surface area (Å²) in [6.45, 7) is 7.72. The summed E-state index contributed by atoms with van der Waals surface area (Å²) in [4.78, 5) is 27.2. The Kier molecular flexibility index (Phi) is 4.45. The molecule has 0 fully saturated rings. The number of nitrogens with zero attached hydrogens (tertiary/aromatic N) is 1. The van der Waals surface area contributed by atoms with Gasteiger partial charge in [-0.2, -0.15) is 0 Å². The summed E-state index contributed by atoms with van der Waals surface area (Å²) in [6.07, 6.45) is 0. The first-order valence-corrected chi connectivity index (χ1v) is 8.42. The molecular formula is C21H22N2O2. The van der Waals surface area contributed by atoms with Crippen molar-refractivity contribution in [2.45, 2.75) is 33.7 Å². The molecular weight excluding hydrogens is 312 g/mol. The van der Waals surface area contributed by atoms with Crippen LogP contribution < -0.4 is 5.32 Å². The van der Waals surface area contributed by atoms with E-state index >= 15 is 0 Å². The zero-order chi connectivity index (χ0) is 18.1. The van der Waals surface area contributed by atoms with Crippen LogP contribution in [0.25, 0.3) is 5.57 Å². The SMILES string of the molecule is Cc1cccc(NC2=C(c3ccccc3)C(=O)N(C(C)C)C2=O)c1C. The second-order valence-electron chi connectivity index (χ2n) is 6.56. The molecule has 0 saturated heterocycles. The molecule has 0 saturated carbocycles. The molecule has 0 aromatic heterocycles. The highest BCUT2D eigenvalue weighted by Gasteiger charge is 2.40. The maximum Gasteiger partial charge on any atom is 0.278 e. The number of hydrogen-bond donors (Lipinski definition) is 1. The number of hydrogen-bond acceptors (Lipinski definition) is 3. The van der Waals surface area contributed by atoms with Crippen molar-refractivity contribution in [3.8, 4) is 0 Å². The van der Waals surface area contributed by atoms with Crippen LogP contribution in [0.3, 0.4) is 0 Å². The predicted octanol–water partition coefficient (Wildman–Crippen LogP) is 3.90. The second kappa shape index (κ2) is 6.55. The van der Waals surface area contributed by atoms with Gasteiger partial charge in [0.05, 0.1) is 5.57 Å². The van der Waals surface area contributed by atoms with Crippen molar-refractivity contribution in [2.24, 2.45) is 0 Å². The van der Waals surface area contributed by atoms with Gasteiger partial charge < -0.3 is 5.32 Å². The van der Waals surface area contributed by atoms with Crippen LogP contribution in [0, 0.1) is 13.8 Å². The number of benzene rings is 2. The Morgan fingerprint density at radius 3 is 2.20 bits per heavy atom. The van der Waals surface area contributed by atoms with Crippen LogP contribution in [-0.4, -0.2) is 22.8 Å². The third-order valence-electron chi connectivity index (χ3n) is 4.56. The molecule has 4 heteroatoms. The normalized spacial score (nSPS) is 14.7. The van der Waals surface area contributed by atoms with Gasteiger partial charge in [0, 0.05) is 11.7 Å². The van der Waals surface area contributed by atoms with Gasteiger partial charge >= 0.3 is 0 Å². The molecule has 128 valence electrons. The molecule has 25 heavy (non-hydrogen) atoms. The number of carbonyl (C=O) groups is 2. The fourth-order valence-electron chi connectivity index (χ4n) is 3.03. The lowest BCUT2D eigenvalue weighted by molar-refractivity contribution is -0.138. The molecule has 3 rings (SSSR count). The fourth-order valence-corrected chi connectivity index (χ4v) is 3.03. The van der Waals surface area contributed by atoms with E-state index < -0.39 is 0 Å². The Hall–Kier alpha value is -2.88. The molecule has 4 nitrogen and oxygen atoms in total. The van der Waals surface area contributed by atoms with E-state index in [1.807, 2.05) is 76.2 Å². The van der Waals surface area contributed by atoms with Gasteiger partial charge in [0.25, 0.3) is 11.8 Å². The Morgan fingerprint density at radius 1 is 0.880 bits per heavy atom. The molecule has 2 aromatic rings. The molecule has 0 spiro atoms. The molecule has 1 aliphatic heterocycles. The minimum atomic E-state index is -0.278. The highest BCUT2D eigenvalue weighted by atomic mass is 16.2. The largest absolute Gasteiger partial charge is 0.350 e. The van der Waals surface area contributed by atoms with Gasteiger partial charge in [-0.1, -0.05) is 42.5 Å². The maximum absolute atomic E-state index is 12.9. The number of amides is 2. The van der Waals surface area contributed by atoms with Crippen LogP contribution in [0.15, 0.2) is 54.2 Å². The van der Waals surface area contributed by atoms with E-state index in [1.54, 1.807) is 0 Å². The molecule has 0 atom stereocenters. The van der Waals surface area contributed by atoms with Crippen molar-refractivity contribution < 1.29 is 9.59 Å². The van der Waals surface area contributed by atoms with E-state index in [-0.39, 0.29) is 17.9 Å². The molecule has 1 N–H and O–H groups in total. The van der Waals surface area contributed by atoms with E-state index in [1.165, 1.54) is 4.90 Å². The lowest BCUT2D eigenvalue weighted by Gasteiger charge is -2.19. The van der Waals surface area contributed by atoms with Crippen molar-refractivity contribution in [3.05, 3.63) is 70.9 Å². The quantitative estimate of drug-likeness (QED) is 0.863. The first kappa shape index (κ1) is 17.0. The fraction of sp³-hybridized carbons (Fsp3) is 0.238. The minimum Gasteiger partial charge on any atom is -0.350 e. The molecule has 2 aromatic carbocycles. The van der Waals surface area contributed by atoms with Crippen molar-refractivity contribution in [1.29, 1.82) is 0 Å². The van der Waals surface area contributed by atoms with Crippen molar-refractivity contribution in [3.63, 3.8) is 0 Å². The maximum atomic E-state index is 12.9. The molecule has 0 unspecified atom stereocenters. The standard InChI is InChI=1S/C21H22N2O2/c1-13(2)23-20(24)18(16-10-6-5-7-11-16)19(21(23)25)22-17-12-8-9-14(3)15(17)4/h5-13,22H,1-4H3. The average molecular weight is 334 g/mol.